The summed E-state index contributed by atoms with van der Waals surface area (Å²) in [7, 11) is -3.75. The van der Waals surface area contributed by atoms with Gasteiger partial charge in [-0.05, 0) is 62.9 Å². The number of halogens is 2. The summed E-state index contributed by atoms with van der Waals surface area (Å²) in [5.41, 5.74) is 2.54. The Hall–Kier alpha value is -1.60. The van der Waals surface area contributed by atoms with E-state index in [0.29, 0.717) is 35.9 Å². The van der Waals surface area contributed by atoms with Crippen LogP contribution in [0.1, 0.15) is 30.9 Å². The van der Waals surface area contributed by atoms with Gasteiger partial charge >= 0.3 is 0 Å². The van der Waals surface area contributed by atoms with Gasteiger partial charge in [-0.2, -0.15) is 4.31 Å². The van der Waals surface area contributed by atoms with Gasteiger partial charge in [-0.15, -0.1) is 0 Å². The first kappa shape index (κ1) is 20.7. The van der Waals surface area contributed by atoms with E-state index >= 15 is 0 Å². The van der Waals surface area contributed by atoms with E-state index in [2.05, 4.69) is 0 Å². The van der Waals surface area contributed by atoms with Crippen LogP contribution in [0.4, 0.5) is 5.69 Å². The van der Waals surface area contributed by atoms with Crippen molar-refractivity contribution in [3.05, 3.63) is 57.6 Å². The minimum absolute atomic E-state index is 0.113. The highest BCUT2D eigenvalue weighted by atomic mass is 35.5. The second kappa shape index (κ2) is 7.58. The zero-order valence-electron chi connectivity index (χ0n) is 16.2. The average molecular weight is 453 g/mol. The van der Waals surface area contributed by atoms with Crippen molar-refractivity contribution in [3.63, 3.8) is 0 Å². The molecular weight excluding hydrogens is 431 g/mol. The molecule has 8 heteroatoms. The Bertz CT molecular complexity index is 1070. The Kier molecular flexibility index (Phi) is 5.40. The largest absolute Gasteiger partial charge is 0.308 e. The van der Waals surface area contributed by atoms with Crippen LogP contribution in [0.2, 0.25) is 10.0 Å². The molecule has 2 aromatic carbocycles. The van der Waals surface area contributed by atoms with E-state index in [1.807, 2.05) is 13.8 Å². The number of aryl methyl sites for hydroxylation is 1. The molecule has 4 rings (SSSR count). The van der Waals surface area contributed by atoms with Gasteiger partial charge in [0, 0.05) is 18.3 Å². The van der Waals surface area contributed by atoms with Gasteiger partial charge in [0.1, 0.15) is 6.04 Å². The van der Waals surface area contributed by atoms with Gasteiger partial charge in [0.15, 0.2) is 0 Å². The van der Waals surface area contributed by atoms with Gasteiger partial charge in [-0.25, -0.2) is 8.42 Å². The highest BCUT2D eigenvalue weighted by Gasteiger charge is 2.44. The van der Waals surface area contributed by atoms with Crippen molar-refractivity contribution in [2.45, 2.75) is 50.1 Å². The maximum Gasteiger partial charge on any atom is 0.245 e. The van der Waals surface area contributed by atoms with E-state index in [9.17, 15) is 13.2 Å². The number of rotatable bonds is 3. The normalized spacial score (nSPS) is 22.1. The molecule has 5 nitrogen and oxygen atoms in total. The summed E-state index contributed by atoms with van der Waals surface area (Å²) in [5.74, 6) is -0.206. The molecule has 2 aromatic rings. The van der Waals surface area contributed by atoms with Crippen LogP contribution in [0.25, 0.3) is 0 Å². The van der Waals surface area contributed by atoms with Gasteiger partial charge < -0.3 is 4.90 Å². The molecule has 0 bridgehead atoms. The van der Waals surface area contributed by atoms with Crippen LogP contribution in [0.15, 0.2) is 41.3 Å². The SMILES string of the molecule is Cc1ccc(S(=O)(=O)N2CCC[C@H]2C(=O)N2c3ccc(Cl)c(Cl)c3C[C@@H]2C)cc1. The fraction of sp³-hybridized carbons (Fsp3) is 0.381. The predicted molar refractivity (Wildman–Crippen MR) is 115 cm³/mol. The molecule has 2 atom stereocenters. The molecule has 154 valence electrons. The Morgan fingerprint density at radius 2 is 1.79 bits per heavy atom. The fourth-order valence-corrected chi connectivity index (χ4v) is 6.31. The van der Waals surface area contributed by atoms with Crippen molar-refractivity contribution in [1.82, 2.24) is 4.31 Å². The molecule has 29 heavy (non-hydrogen) atoms. The summed E-state index contributed by atoms with van der Waals surface area (Å²) in [6, 6.07) is 9.37. The Morgan fingerprint density at radius 1 is 1.10 bits per heavy atom. The number of carbonyl (C=O) groups is 1. The molecule has 0 N–H and O–H groups in total. The number of sulfonamides is 1. The summed E-state index contributed by atoms with van der Waals surface area (Å²) in [5, 5.41) is 0.915. The van der Waals surface area contributed by atoms with Gasteiger partial charge in [-0.1, -0.05) is 40.9 Å². The highest BCUT2D eigenvalue weighted by Crippen LogP contribution is 2.41. The maximum atomic E-state index is 13.5. The van der Waals surface area contributed by atoms with Crippen LogP contribution in [0.3, 0.4) is 0 Å². The summed E-state index contributed by atoms with van der Waals surface area (Å²) in [6.45, 7) is 4.18. The lowest BCUT2D eigenvalue weighted by atomic mass is 10.1. The molecule has 0 aliphatic carbocycles. The molecule has 1 saturated heterocycles. The summed E-state index contributed by atoms with van der Waals surface area (Å²) in [4.78, 5) is 15.4. The van der Waals surface area contributed by atoms with Gasteiger partial charge in [0.05, 0.1) is 14.9 Å². The second-order valence-corrected chi connectivity index (χ2v) is 10.4. The third-order valence-corrected chi connectivity index (χ3v) is 8.49. The summed E-state index contributed by atoms with van der Waals surface area (Å²) >= 11 is 12.5. The number of benzene rings is 2. The molecule has 1 amide bonds. The van der Waals surface area contributed by atoms with E-state index in [-0.39, 0.29) is 16.8 Å². The smallest absolute Gasteiger partial charge is 0.245 e. The van der Waals surface area contributed by atoms with Crippen molar-refractivity contribution in [2.24, 2.45) is 0 Å². The lowest BCUT2D eigenvalue weighted by molar-refractivity contribution is -0.121. The maximum absolute atomic E-state index is 13.5. The minimum atomic E-state index is -3.75. The minimum Gasteiger partial charge on any atom is -0.308 e. The number of anilines is 1. The third kappa shape index (κ3) is 3.46. The summed E-state index contributed by atoms with van der Waals surface area (Å²) in [6.07, 6.45) is 1.75. The van der Waals surface area contributed by atoms with E-state index in [1.165, 1.54) is 4.31 Å². The van der Waals surface area contributed by atoms with E-state index in [0.717, 1.165) is 16.8 Å². The fourth-order valence-electron chi connectivity index (χ4n) is 4.24. The first-order valence-electron chi connectivity index (χ1n) is 9.60. The Labute approximate surface area is 181 Å². The first-order valence-corrected chi connectivity index (χ1v) is 11.8. The zero-order chi connectivity index (χ0) is 20.9. The van der Waals surface area contributed by atoms with Crippen molar-refractivity contribution in [3.8, 4) is 0 Å². The van der Waals surface area contributed by atoms with Crippen LogP contribution >= 0.6 is 23.2 Å². The topological polar surface area (TPSA) is 57.7 Å². The summed E-state index contributed by atoms with van der Waals surface area (Å²) < 4.78 is 27.8. The molecule has 2 aliphatic rings. The van der Waals surface area contributed by atoms with Crippen molar-refractivity contribution >= 4 is 44.8 Å². The van der Waals surface area contributed by atoms with Crippen molar-refractivity contribution < 1.29 is 13.2 Å². The molecule has 0 saturated carbocycles. The molecular formula is C21H22Cl2N2O3S. The average Bonchev–Trinajstić information content (AvgIpc) is 3.30. The van der Waals surface area contributed by atoms with Crippen LogP contribution < -0.4 is 4.90 Å². The van der Waals surface area contributed by atoms with Crippen LogP contribution in [-0.2, 0) is 21.2 Å². The highest BCUT2D eigenvalue weighted by molar-refractivity contribution is 7.89. The number of amides is 1. The van der Waals surface area contributed by atoms with Gasteiger partial charge in [0.25, 0.3) is 0 Å². The predicted octanol–water partition coefficient (Wildman–Crippen LogP) is 4.43. The van der Waals surface area contributed by atoms with E-state index < -0.39 is 16.1 Å². The number of carbonyl (C=O) groups excluding carboxylic acids is 1. The van der Waals surface area contributed by atoms with Crippen molar-refractivity contribution in [1.29, 1.82) is 0 Å². The molecule has 2 aliphatic heterocycles. The Morgan fingerprint density at radius 3 is 2.48 bits per heavy atom. The van der Waals surface area contributed by atoms with E-state index in [1.54, 1.807) is 41.3 Å². The number of hydrogen-bond acceptors (Lipinski definition) is 3. The number of fused-ring (bicyclic) bond motifs is 1. The Balaban J connectivity index is 1.67. The molecule has 0 unspecified atom stereocenters. The standard InChI is InChI=1S/C21H22Cl2N2O3S/c1-13-5-7-15(8-6-13)29(27,28)24-11-3-4-19(24)21(26)25-14(2)12-16-18(25)10-9-17(22)20(16)23/h5-10,14,19H,3-4,11-12H2,1-2H3/t14-,19-/m0/s1. The van der Waals surface area contributed by atoms with Crippen LogP contribution in [-0.4, -0.2) is 37.3 Å². The van der Waals surface area contributed by atoms with Crippen molar-refractivity contribution in [2.75, 3.05) is 11.4 Å². The molecule has 0 aromatic heterocycles. The lowest BCUT2D eigenvalue weighted by Gasteiger charge is -2.30. The number of nitrogens with zero attached hydrogens (tertiary/aromatic N) is 2. The molecule has 0 spiro atoms. The third-order valence-electron chi connectivity index (χ3n) is 5.72. The van der Waals surface area contributed by atoms with Crippen LogP contribution in [0, 0.1) is 6.92 Å². The molecule has 0 radical (unpaired) electrons. The van der Waals surface area contributed by atoms with E-state index in [4.69, 9.17) is 23.2 Å². The van der Waals surface area contributed by atoms with Gasteiger partial charge in [0.2, 0.25) is 15.9 Å². The van der Waals surface area contributed by atoms with Crippen LogP contribution in [0.5, 0.6) is 0 Å². The number of hydrogen-bond donors (Lipinski definition) is 0. The quantitative estimate of drug-likeness (QED) is 0.691. The lowest BCUT2D eigenvalue weighted by Crippen LogP contribution is -2.49. The molecule has 1 fully saturated rings. The first-order chi connectivity index (χ1) is 13.7. The second-order valence-electron chi connectivity index (χ2n) is 7.71. The van der Waals surface area contributed by atoms with Gasteiger partial charge in [-0.3, -0.25) is 4.79 Å². The molecule has 2 heterocycles. The monoisotopic (exact) mass is 452 g/mol. The zero-order valence-corrected chi connectivity index (χ0v) is 18.6.